The number of nitrogens with zero attached hydrogens (tertiary/aromatic N) is 4. The fourth-order valence-corrected chi connectivity index (χ4v) is 4.25. The monoisotopic (exact) mass is 405 g/mol. The maximum absolute atomic E-state index is 11.2. The van der Waals surface area contributed by atoms with E-state index in [9.17, 15) is 15.0 Å². The van der Waals surface area contributed by atoms with E-state index in [1.807, 2.05) is 6.07 Å². The van der Waals surface area contributed by atoms with Crippen LogP contribution in [-0.2, 0) is 6.54 Å². The Morgan fingerprint density at radius 1 is 1.10 bits per heavy atom. The number of nitrogens with one attached hydrogen (secondary N) is 1. The summed E-state index contributed by atoms with van der Waals surface area (Å²) in [6.07, 6.45) is 1.94. The fourth-order valence-electron chi connectivity index (χ4n) is 4.25. The number of fused-ring (bicyclic) bond motifs is 3. The number of carboxylic acids is 1. The van der Waals surface area contributed by atoms with Gasteiger partial charge in [-0.05, 0) is 50.5 Å². The van der Waals surface area contributed by atoms with Gasteiger partial charge in [0.25, 0.3) is 0 Å². The predicted octanol–water partition coefficient (Wildman–Crippen LogP) is 0.191. The van der Waals surface area contributed by atoms with Crippen LogP contribution in [0.4, 0.5) is 0 Å². The van der Waals surface area contributed by atoms with Crippen molar-refractivity contribution in [2.75, 3.05) is 72.1 Å². The van der Waals surface area contributed by atoms with E-state index in [0.717, 1.165) is 84.0 Å². The molecule has 2 bridgehead atoms. The van der Waals surface area contributed by atoms with E-state index in [4.69, 9.17) is 0 Å². The highest BCUT2D eigenvalue weighted by molar-refractivity contribution is 5.85. The van der Waals surface area contributed by atoms with Crippen LogP contribution in [0.15, 0.2) is 18.2 Å². The smallest absolute Gasteiger partial charge is 0.354 e. The van der Waals surface area contributed by atoms with Crippen molar-refractivity contribution in [2.45, 2.75) is 19.4 Å². The molecule has 0 saturated carbocycles. The van der Waals surface area contributed by atoms with Crippen LogP contribution < -0.4 is 5.32 Å². The number of aliphatic hydroxyl groups excluding tert-OH is 1. The summed E-state index contributed by atoms with van der Waals surface area (Å²) < 4.78 is 0. The zero-order valence-electron chi connectivity index (χ0n) is 17.3. The van der Waals surface area contributed by atoms with Crippen LogP contribution in [0.3, 0.4) is 0 Å². The van der Waals surface area contributed by atoms with Crippen LogP contribution in [0, 0.1) is 5.92 Å². The lowest BCUT2D eigenvalue weighted by atomic mass is 10.0. The molecule has 3 rings (SSSR count). The molecule has 3 atom stereocenters. The summed E-state index contributed by atoms with van der Waals surface area (Å²) in [5, 5.41) is 22.2. The van der Waals surface area contributed by atoms with Crippen molar-refractivity contribution in [3.63, 3.8) is 0 Å². The number of pyridine rings is 1. The molecule has 8 nitrogen and oxygen atoms in total. The Morgan fingerprint density at radius 2 is 1.93 bits per heavy atom. The molecule has 2 aliphatic heterocycles. The molecule has 2 saturated heterocycles. The zero-order chi connectivity index (χ0) is 20.5. The minimum Gasteiger partial charge on any atom is -0.477 e. The topological polar surface area (TPSA) is 92.2 Å². The molecule has 2 fully saturated rings. The first kappa shape index (κ1) is 22.1. The van der Waals surface area contributed by atoms with Crippen molar-refractivity contribution >= 4 is 5.97 Å². The van der Waals surface area contributed by atoms with Crippen molar-refractivity contribution in [1.29, 1.82) is 0 Å². The number of aromatic carboxylic acids is 1. The van der Waals surface area contributed by atoms with E-state index in [1.54, 1.807) is 12.1 Å². The summed E-state index contributed by atoms with van der Waals surface area (Å²) in [6.45, 7) is 11.1. The first-order valence-electron chi connectivity index (χ1n) is 10.8. The van der Waals surface area contributed by atoms with E-state index < -0.39 is 5.97 Å². The minimum absolute atomic E-state index is 0.109. The van der Waals surface area contributed by atoms with Gasteiger partial charge in [-0.1, -0.05) is 6.07 Å². The SMILES string of the molecule is O=C(O)c1cccc(CN2CCCN3CCNCC(CCO)CN(CC3)CC2)n1. The number of carboxylic acid groups (broad SMARTS) is 1. The van der Waals surface area contributed by atoms with Crippen LogP contribution >= 0.6 is 0 Å². The van der Waals surface area contributed by atoms with Crippen LogP contribution in [0.25, 0.3) is 0 Å². The third-order valence-electron chi connectivity index (χ3n) is 5.92. The predicted molar refractivity (Wildman–Crippen MR) is 112 cm³/mol. The van der Waals surface area contributed by atoms with Gasteiger partial charge in [0, 0.05) is 59.0 Å². The van der Waals surface area contributed by atoms with E-state index >= 15 is 0 Å². The van der Waals surface area contributed by atoms with Gasteiger partial charge in [0.2, 0.25) is 0 Å². The quantitative estimate of drug-likeness (QED) is 0.640. The van der Waals surface area contributed by atoms with Crippen molar-refractivity contribution in [3.05, 3.63) is 29.6 Å². The molecule has 3 unspecified atom stereocenters. The molecular formula is C21H35N5O3. The molecule has 0 spiro atoms. The Morgan fingerprint density at radius 3 is 2.76 bits per heavy atom. The van der Waals surface area contributed by atoms with E-state index in [2.05, 4.69) is 25.0 Å². The third-order valence-corrected chi connectivity index (χ3v) is 5.92. The molecular weight excluding hydrogens is 370 g/mol. The average molecular weight is 406 g/mol. The number of hydrogen-bond donors (Lipinski definition) is 3. The summed E-state index contributed by atoms with van der Waals surface area (Å²) in [5.74, 6) is -0.510. The zero-order valence-corrected chi connectivity index (χ0v) is 17.3. The van der Waals surface area contributed by atoms with Crippen molar-refractivity contribution in [2.24, 2.45) is 5.92 Å². The highest BCUT2D eigenvalue weighted by atomic mass is 16.4. The number of rotatable bonds is 5. The molecule has 1 aromatic heterocycles. The lowest BCUT2D eigenvalue weighted by Gasteiger charge is -2.35. The summed E-state index contributed by atoms with van der Waals surface area (Å²) >= 11 is 0. The second kappa shape index (κ2) is 11.6. The van der Waals surface area contributed by atoms with Crippen LogP contribution in [-0.4, -0.2) is 108 Å². The molecule has 0 aromatic carbocycles. The maximum Gasteiger partial charge on any atom is 0.354 e. The molecule has 3 heterocycles. The molecule has 3 N–H and O–H groups in total. The first-order chi connectivity index (χ1) is 14.1. The van der Waals surface area contributed by atoms with Gasteiger partial charge < -0.3 is 25.3 Å². The fraction of sp³-hybridized carbons (Fsp3) is 0.714. The van der Waals surface area contributed by atoms with Crippen LogP contribution in [0.2, 0.25) is 0 Å². The molecule has 162 valence electrons. The largest absolute Gasteiger partial charge is 0.477 e. The summed E-state index contributed by atoms with van der Waals surface area (Å²) in [4.78, 5) is 23.0. The Bertz CT molecular complexity index is 644. The molecule has 0 amide bonds. The van der Waals surface area contributed by atoms with Crippen LogP contribution in [0.5, 0.6) is 0 Å². The van der Waals surface area contributed by atoms with Gasteiger partial charge in [-0.25, -0.2) is 9.78 Å². The number of hydrogen-bond acceptors (Lipinski definition) is 7. The molecule has 0 radical (unpaired) electrons. The van der Waals surface area contributed by atoms with E-state index in [0.29, 0.717) is 12.5 Å². The number of carbonyl (C=O) groups is 1. The maximum atomic E-state index is 11.2. The van der Waals surface area contributed by atoms with Gasteiger partial charge in [-0.3, -0.25) is 4.90 Å². The average Bonchev–Trinajstić information content (AvgIpc) is 2.72. The van der Waals surface area contributed by atoms with Gasteiger partial charge in [-0.15, -0.1) is 0 Å². The summed E-state index contributed by atoms with van der Waals surface area (Å²) in [6, 6.07) is 5.23. The van der Waals surface area contributed by atoms with Gasteiger partial charge >= 0.3 is 5.97 Å². The Balaban J connectivity index is 1.66. The molecule has 8 heteroatoms. The number of aromatic nitrogens is 1. The molecule has 29 heavy (non-hydrogen) atoms. The Labute approximate surface area is 173 Å². The van der Waals surface area contributed by atoms with Gasteiger partial charge in [0.1, 0.15) is 5.69 Å². The lowest BCUT2D eigenvalue weighted by molar-refractivity contribution is 0.0689. The van der Waals surface area contributed by atoms with Gasteiger partial charge in [0.15, 0.2) is 0 Å². The molecule has 2 aliphatic rings. The molecule has 0 aliphatic carbocycles. The van der Waals surface area contributed by atoms with Crippen molar-refractivity contribution in [3.8, 4) is 0 Å². The highest BCUT2D eigenvalue weighted by Gasteiger charge is 2.20. The van der Waals surface area contributed by atoms with Crippen molar-refractivity contribution in [1.82, 2.24) is 25.0 Å². The summed E-state index contributed by atoms with van der Waals surface area (Å²) in [7, 11) is 0. The van der Waals surface area contributed by atoms with Gasteiger partial charge in [-0.2, -0.15) is 0 Å². The van der Waals surface area contributed by atoms with E-state index in [1.165, 1.54) is 0 Å². The third kappa shape index (κ3) is 7.31. The van der Waals surface area contributed by atoms with E-state index in [-0.39, 0.29) is 12.3 Å². The highest BCUT2D eigenvalue weighted by Crippen LogP contribution is 2.11. The van der Waals surface area contributed by atoms with Gasteiger partial charge in [0.05, 0.1) is 5.69 Å². The summed E-state index contributed by atoms with van der Waals surface area (Å²) in [5.41, 5.74) is 0.923. The first-order valence-corrected chi connectivity index (χ1v) is 10.8. The second-order valence-electron chi connectivity index (χ2n) is 8.17. The minimum atomic E-state index is -0.979. The normalized spacial score (nSPS) is 27.4. The van der Waals surface area contributed by atoms with Crippen molar-refractivity contribution < 1.29 is 15.0 Å². The lowest BCUT2D eigenvalue weighted by Crippen LogP contribution is -2.48. The second-order valence-corrected chi connectivity index (χ2v) is 8.17. The Hall–Kier alpha value is -1.58. The Kier molecular flexibility index (Phi) is 8.82. The standard InChI is InChI=1S/C21H35N5O3/c27-14-5-18-15-22-6-9-24-7-2-8-25(12-13-26(16-18)11-10-24)17-19-3-1-4-20(23-19)21(28)29/h1,3-4,18,22,27H,2,5-17H2,(H,28,29). The van der Waals surface area contributed by atoms with Crippen LogP contribution in [0.1, 0.15) is 29.0 Å². The number of aliphatic hydroxyl groups is 1. The molecule has 1 aromatic rings.